The van der Waals surface area contributed by atoms with E-state index in [-0.39, 0.29) is 17.9 Å². The Labute approximate surface area is 94.4 Å². The summed E-state index contributed by atoms with van der Waals surface area (Å²) in [6, 6.07) is 0.0713. The SMILES string of the molecule is CCC(CN)C(=O)NC(C)CCS(C)=O. The molecule has 0 saturated heterocycles. The van der Waals surface area contributed by atoms with Gasteiger partial charge in [-0.2, -0.15) is 0 Å². The zero-order valence-corrected chi connectivity index (χ0v) is 10.6. The maximum absolute atomic E-state index is 11.6. The third-order valence-electron chi connectivity index (χ3n) is 2.38. The van der Waals surface area contributed by atoms with Gasteiger partial charge in [0, 0.05) is 41.3 Å². The van der Waals surface area contributed by atoms with E-state index in [1.807, 2.05) is 13.8 Å². The number of nitrogens with one attached hydrogen (secondary N) is 1. The molecule has 0 aliphatic heterocycles. The molecule has 0 aromatic rings. The molecular weight excluding hydrogens is 212 g/mol. The Hall–Kier alpha value is -0.420. The highest BCUT2D eigenvalue weighted by Gasteiger charge is 2.16. The van der Waals surface area contributed by atoms with Gasteiger partial charge in [0.15, 0.2) is 0 Å². The molecule has 0 aliphatic carbocycles. The van der Waals surface area contributed by atoms with E-state index in [2.05, 4.69) is 5.32 Å². The number of hydrogen-bond acceptors (Lipinski definition) is 3. The first-order valence-electron chi connectivity index (χ1n) is 5.31. The summed E-state index contributed by atoms with van der Waals surface area (Å²) in [5.41, 5.74) is 5.47. The molecular formula is C10H22N2O2S. The summed E-state index contributed by atoms with van der Waals surface area (Å²) in [5.74, 6) is 0.537. The van der Waals surface area contributed by atoms with Gasteiger partial charge in [0.25, 0.3) is 0 Å². The summed E-state index contributed by atoms with van der Waals surface area (Å²) in [5, 5.41) is 2.88. The lowest BCUT2D eigenvalue weighted by atomic mass is 10.1. The molecule has 3 N–H and O–H groups in total. The Balaban J connectivity index is 3.89. The molecule has 0 aromatic heterocycles. The molecule has 0 aliphatic rings. The number of amides is 1. The van der Waals surface area contributed by atoms with Crippen LogP contribution in [-0.2, 0) is 15.6 Å². The first-order chi connectivity index (χ1) is 7.01. The lowest BCUT2D eigenvalue weighted by Gasteiger charge is -2.17. The van der Waals surface area contributed by atoms with Crippen molar-refractivity contribution in [3.8, 4) is 0 Å². The maximum atomic E-state index is 11.6. The lowest BCUT2D eigenvalue weighted by molar-refractivity contribution is -0.125. The van der Waals surface area contributed by atoms with E-state index in [1.165, 1.54) is 0 Å². The molecule has 0 bridgehead atoms. The van der Waals surface area contributed by atoms with Crippen molar-refractivity contribution >= 4 is 16.7 Å². The summed E-state index contributed by atoms with van der Waals surface area (Å²) in [7, 11) is -0.791. The molecule has 3 unspecified atom stereocenters. The summed E-state index contributed by atoms with van der Waals surface area (Å²) in [6.45, 7) is 4.26. The Morgan fingerprint density at radius 2 is 2.13 bits per heavy atom. The average molecular weight is 234 g/mol. The van der Waals surface area contributed by atoms with Crippen molar-refractivity contribution in [3.05, 3.63) is 0 Å². The molecule has 15 heavy (non-hydrogen) atoms. The summed E-state index contributed by atoms with van der Waals surface area (Å²) in [4.78, 5) is 11.6. The van der Waals surface area contributed by atoms with E-state index in [1.54, 1.807) is 6.26 Å². The van der Waals surface area contributed by atoms with Crippen LogP contribution in [-0.4, -0.2) is 34.7 Å². The van der Waals surface area contributed by atoms with Crippen molar-refractivity contribution in [3.63, 3.8) is 0 Å². The molecule has 90 valence electrons. The molecule has 3 atom stereocenters. The van der Waals surface area contributed by atoms with Crippen LogP contribution in [0.3, 0.4) is 0 Å². The van der Waals surface area contributed by atoms with E-state index < -0.39 is 10.8 Å². The fourth-order valence-corrected chi connectivity index (χ4v) is 1.92. The van der Waals surface area contributed by atoms with Crippen molar-refractivity contribution < 1.29 is 9.00 Å². The van der Waals surface area contributed by atoms with Crippen LogP contribution in [0, 0.1) is 5.92 Å². The van der Waals surface area contributed by atoms with Gasteiger partial charge in [-0.3, -0.25) is 9.00 Å². The van der Waals surface area contributed by atoms with Gasteiger partial charge in [-0.1, -0.05) is 6.92 Å². The molecule has 0 aromatic carbocycles. The Morgan fingerprint density at radius 1 is 1.53 bits per heavy atom. The molecule has 5 heteroatoms. The average Bonchev–Trinajstić information content (AvgIpc) is 2.16. The van der Waals surface area contributed by atoms with Gasteiger partial charge in [-0.05, 0) is 19.8 Å². The molecule has 1 amide bonds. The molecule has 0 fully saturated rings. The number of carbonyl (C=O) groups is 1. The Kier molecular flexibility index (Phi) is 7.60. The highest BCUT2D eigenvalue weighted by Crippen LogP contribution is 2.01. The number of carbonyl (C=O) groups excluding carboxylic acids is 1. The van der Waals surface area contributed by atoms with Gasteiger partial charge in [-0.15, -0.1) is 0 Å². The summed E-state index contributed by atoms with van der Waals surface area (Å²) < 4.78 is 10.9. The van der Waals surface area contributed by atoms with Gasteiger partial charge in [0.05, 0.1) is 0 Å². The second-order valence-corrected chi connectivity index (χ2v) is 5.37. The third-order valence-corrected chi connectivity index (χ3v) is 3.19. The first-order valence-corrected chi connectivity index (χ1v) is 7.04. The lowest BCUT2D eigenvalue weighted by Crippen LogP contribution is -2.40. The minimum Gasteiger partial charge on any atom is -0.353 e. The maximum Gasteiger partial charge on any atom is 0.224 e. The first kappa shape index (κ1) is 14.6. The zero-order chi connectivity index (χ0) is 11.8. The second kappa shape index (κ2) is 7.82. The van der Waals surface area contributed by atoms with Crippen LogP contribution in [0.2, 0.25) is 0 Å². The number of nitrogens with two attached hydrogens (primary N) is 1. The smallest absolute Gasteiger partial charge is 0.224 e. The second-order valence-electron chi connectivity index (χ2n) is 3.82. The Morgan fingerprint density at radius 3 is 2.53 bits per heavy atom. The van der Waals surface area contributed by atoms with Gasteiger partial charge < -0.3 is 11.1 Å². The van der Waals surface area contributed by atoms with Crippen molar-refractivity contribution in [2.75, 3.05) is 18.6 Å². The van der Waals surface area contributed by atoms with Gasteiger partial charge >= 0.3 is 0 Å². The summed E-state index contributed by atoms with van der Waals surface area (Å²) in [6.07, 6.45) is 3.17. The van der Waals surface area contributed by atoms with E-state index >= 15 is 0 Å². The number of rotatable bonds is 7. The van der Waals surface area contributed by atoms with Crippen LogP contribution in [0.1, 0.15) is 26.7 Å². The quantitative estimate of drug-likeness (QED) is 0.663. The van der Waals surface area contributed by atoms with Crippen molar-refractivity contribution in [2.24, 2.45) is 11.7 Å². The van der Waals surface area contributed by atoms with E-state index in [9.17, 15) is 9.00 Å². The fraction of sp³-hybridized carbons (Fsp3) is 0.900. The molecule has 0 spiro atoms. The molecule has 0 saturated carbocycles. The normalized spacial score (nSPS) is 16.8. The van der Waals surface area contributed by atoms with E-state index in [4.69, 9.17) is 5.73 Å². The van der Waals surface area contributed by atoms with Gasteiger partial charge in [0.2, 0.25) is 5.91 Å². The zero-order valence-electron chi connectivity index (χ0n) is 9.79. The minimum absolute atomic E-state index is 0.00869. The monoisotopic (exact) mass is 234 g/mol. The highest BCUT2D eigenvalue weighted by molar-refractivity contribution is 7.84. The van der Waals surface area contributed by atoms with E-state index in [0.717, 1.165) is 12.8 Å². The third kappa shape index (κ3) is 6.62. The van der Waals surface area contributed by atoms with E-state index in [0.29, 0.717) is 12.3 Å². The molecule has 4 nitrogen and oxygen atoms in total. The standard InChI is InChI=1S/C10H22N2O2S/c1-4-9(7-11)10(13)12-8(2)5-6-15(3)14/h8-9H,4-7,11H2,1-3H3,(H,12,13). The van der Waals surface area contributed by atoms with Crippen LogP contribution in [0.25, 0.3) is 0 Å². The minimum atomic E-state index is -0.791. The van der Waals surface area contributed by atoms with Crippen LogP contribution >= 0.6 is 0 Å². The van der Waals surface area contributed by atoms with Crippen LogP contribution in [0.15, 0.2) is 0 Å². The molecule has 0 heterocycles. The number of hydrogen-bond donors (Lipinski definition) is 2. The highest BCUT2D eigenvalue weighted by atomic mass is 32.2. The fourth-order valence-electron chi connectivity index (χ4n) is 1.23. The van der Waals surface area contributed by atoms with Gasteiger partial charge in [-0.25, -0.2) is 0 Å². The predicted octanol–water partition coefficient (Wildman–Crippen LogP) is 0.245. The Bertz CT molecular complexity index is 217. The van der Waals surface area contributed by atoms with Crippen LogP contribution < -0.4 is 11.1 Å². The van der Waals surface area contributed by atoms with Gasteiger partial charge in [0.1, 0.15) is 0 Å². The van der Waals surface area contributed by atoms with Crippen molar-refractivity contribution in [1.82, 2.24) is 5.32 Å². The van der Waals surface area contributed by atoms with Crippen LogP contribution in [0.5, 0.6) is 0 Å². The molecule has 0 radical (unpaired) electrons. The predicted molar refractivity (Wildman–Crippen MR) is 64.0 cm³/mol. The van der Waals surface area contributed by atoms with Crippen molar-refractivity contribution in [1.29, 1.82) is 0 Å². The van der Waals surface area contributed by atoms with Crippen LogP contribution in [0.4, 0.5) is 0 Å². The van der Waals surface area contributed by atoms with Crippen molar-refractivity contribution in [2.45, 2.75) is 32.7 Å². The largest absolute Gasteiger partial charge is 0.353 e. The molecule has 0 rings (SSSR count). The summed E-state index contributed by atoms with van der Waals surface area (Å²) >= 11 is 0. The topological polar surface area (TPSA) is 72.2 Å².